The first-order valence-corrected chi connectivity index (χ1v) is 7.84. The third kappa shape index (κ3) is 3.33. The van der Waals surface area contributed by atoms with E-state index in [1.807, 2.05) is 6.92 Å². The lowest BCUT2D eigenvalue weighted by molar-refractivity contribution is 0.0351. The summed E-state index contributed by atoms with van der Waals surface area (Å²) in [6.45, 7) is 7.04. The topological polar surface area (TPSA) is 35.5 Å². The standard InChI is InChI=1S/C17H26N2O/c1-13-11-16(19-9-7-17(2,20)8-10-19)6-3-14(13)12-18-15-4-5-15/h3,6,11,15,18,20H,4-5,7-10,12H2,1-2H3. The second kappa shape index (κ2) is 5.38. The highest BCUT2D eigenvalue weighted by molar-refractivity contribution is 5.51. The van der Waals surface area contributed by atoms with Crippen molar-refractivity contribution in [3.8, 4) is 0 Å². The van der Waals surface area contributed by atoms with Crippen molar-refractivity contribution >= 4 is 5.69 Å². The monoisotopic (exact) mass is 274 g/mol. The Morgan fingerprint density at radius 2 is 2.00 bits per heavy atom. The maximum absolute atomic E-state index is 10.0. The zero-order valence-corrected chi connectivity index (χ0v) is 12.7. The van der Waals surface area contributed by atoms with Gasteiger partial charge in [-0.2, -0.15) is 0 Å². The van der Waals surface area contributed by atoms with Crippen molar-refractivity contribution in [2.45, 2.75) is 57.7 Å². The van der Waals surface area contributed by atoms with Crippen molar-refractivity contribution in [3.63, 3.8) is 0 Å². The van der Waals surface area contributed by atoms with Crippen LogP contribution in [-0.4, -0.2) is 29.8 Å². The van der Waals surface area contributed by atoms with E-state index >= 15 is 0 Å². The van der Waals surface area contributed by atoms with Crippen LogP contribution < -0.4 is 10.2 Å². The van der Waals surface area contributed by atoms with E-state index in [0.29, 0.717) is 0 Å². The predicted octanol–water partition coefficient (Wildman–Crippen LogP) is 2.60. The number of benzene rings is 1. The highest BCUT2D eigenvalue weighted by atomic mass is 16.3. The van der Waals surface area contributed by atoms with Gasteiger partial charge in [0, 0.05) is 31.4 Å². The molecule has 20 heavy (non-hydrogen) atoms. The lowest BCUT2D eigenvalue weighted by Crippen LogP contribution is -2.42. The van der Waals surface area contributed by atoms with Crippen molar-refractivity contribution in [2.75, 3.05) is 18.0 Å². The van der Waals surface area contributed by atoms with Gasteiger partial charge in [-0.25, -0.2) is 0 Å². The Labute approximate surface area is 122 Å². The van der Waals surface area contributed by atoms with E-state index in [1.54, 1.807) is 0 Å². The summed E-state index contributed by atoms with van der Waals surface area (Å²) in [6.07, 6.45) is 4.39. The molecule has 1 aliphatic heterocycles. The average Bonchev–Trinajstić information content (AvgIpc) is 3.21. The summed E-state index contributed by atoms with van der Waals surface area (Å²) in [5.74, 6) is 0. The van der Waals surface area contributed by atoms with Gasteiger partial charge >= 0.3 is 0 Å². The molecule has 1 heterocycles. The molecule has 1 aromatic rings. The number of aryl methyl sites for hydroxylation is 1. The Morgan fingerprint density at radius 1 is 1.30 bits per heavy atom. The molecule has 1 aliphatic carbocycles. The molecule has 2 fully saturated rings. The number of hydrogen-bond acceptors (Lipinski definition) is 3. The van der Waals surface area contributed by atoms with Crippen LogP contribution in [-0.2, 0) is 6.54 Å². The van der Waals surface area contributed by atoms with Crippen LogP contribution in [0.15, 0.2) is 18.2 Å². The summed E-state index contributed by atoms with van der Waals surface area (Å²) in [6, 6.07) is 7.55. The summed E-state index contributed by atoms with van der Waals surface area (Å²) in [4.78, 5) is 2.39. The molecule has 3 rings (SSSR count). The van der Waals surface area contributed by atoms with Gasteiger partial charge in [0.05, 0.1) is 5.60 Å². The zero-order chi connectivity index (χ0) is 14.2. The Bertz CT molecular complexity index is 470. The van der Waals surface area contributed by atoms with Crippen molar-refractivity contribution in [2.24, 2.45) is 0 Å². The minimum Gasteiger partial charge on any atom is -0.390 e. The Morgan fingerprint density at radius 3 is 2.60 bits per heavy atom. The van der Waals surface area contributed by atoms with Gasteiger partial charge in [-0.3, -0.25) is 0 Å². The Balaban J connectivity index is 1.63. The molecule has 1 aromatic carbocycles. The number of nitrogens with zero attached hydrogens (tertiary/aromatic N) is 1. The number of nitrogens with one attached hydrogen (secondary N) is 1. The van der Waals surface area contributed by atoms with Crippen LogP contribution in [0.4, 0.5) is 5.69 Å². The van der Waals surface area contributed by atoms with Gasteiger partial charge in [0.15, 0.2) is 0 Å². The van der Waals surface area contributed by atoms with Gasteiger partial charge in [-0.05, 0) is 62.8 Å². The van der Waals surface area contributed by atoms with E-state index in [9.17, 15) is 5.11 Å². The average molecular weight is 274 g/mol. The fourth-order valence-corrected chi connectivity index (χ4v) is 2.86. The van der Waals surface area contributed by atoms with Gasteiger partial charge in [-0.1, -0.05) is 6.07 Å². The smallest absolute Gasteiger partial charge is 0.0653 e. The fraction of sp³-hybridized carbons (Fsp3) is 0.647. The van der Waals surface area contributed by atoms with Crippen LogP contribution in [0, 0.1) is 6.92 Å². The third-order valence-electron chi connectivity index (χ3n) is 4.69. The molecule has 110 valence electrons. The summed E-state index contributed by atoms with van der Waals surface area (Å²) in [5, 5.41) is 13.6. The van der Waals surface area contributed by atoms with Gasteiger partial charge < -0.3 is 15.3 Å². The van der Waals surface area contributed by atoms with E-state index in [4.69, 9.17) is 0 Å². The molecule has 0 bridgehead atoms. The Kier molecular flexibility index (Phi) is 3.74. The first-order valence-electron chi connectivity index (χ1n) is 7.84. The van der Waals surface area contributed by atoms with Crippen molar-refractivity contribution in [3.05, 3.63) is 29.3 Å². The zero-order valence-electron chi connectivity index (χ0n) is 12.7. The molecule has 1 saturated heterocycles. The highest BCUT2D eigenvalue weighted by Gasteiger charge is 2.27. The number of aliphatic hydroxyl groups is 1. The van der Waals surface area contributed by atoms with Gasteiger partial charge in [0.1, 0.15) is 0 Å². The van der Waals surface area contributed by atoms with E-state index < -0.39 is 5.60 Å². The molecule has 0 radical (unpaired) electrons. The van der Waals surface area contributed by atoms with Crippen molar-refractivity contribution < 1.29 is 5.11 Å². The number of hydrogen-bond donors (Lipinski definition) is 2. The molecule has 0 aromatic heterocycles. The van der Waals surface area contributed by atoms with Gasteiger partial charge in [0.25, 0.3) is 0 Å². The fourth-order valence-electron chi connectivity index (χ4n) is 2.86. The normalized spacial score (nSPS) is 22.1. The van der Waals surface area contributed by atoms with E-state index in [2.05, 4.69) is 35.3 Å². The molecular formula is C17H26N2O. The molecule has 0 unspecified atom stereocenters. The predicted molar refractivity (Wildman–Crippen MR) is 83.1 cm³/mol. The maximum Gasteiger partial charge on any atom is 0.0653 e. The Hall–Kier alpha value is -1.06. The van der Waals surface area contributed by atoms with E-state index in [-0.39, 0.29) is 0 Å². The first-order chi connectivity index (χ1) is 9.53. The lowest BCUT2D eigenvalue weighted by Gasteiger charge is -2.37. The number of piperidine rings is 1. The molecule has 1 saturated carbocycles. The number of anilines is 1. The maximum atomic E-state index is 10.0. The summed E-state index contributed by atoms with van der Waals surface area (Å²) in [5.41, 5.74) is 3.60. The van der Waals surface area contributed by atoms with E-state index in [1.165, 1.54) is 29.7 Å². The molecule has 0 amide bonds. The van der Waals surface area contributed by atoms with Gasteiger partial charge in [0.2, 0.25) is 0 Å². The van der Waals surface area contributed by atoms with Crippen LogP contribution in [0.5, 0.6) is 0 Å². The van der Waals surface area contributed by atoms with Crippen molar-refractivity contribution in [1.82, 2.24) is 5.32 Å². The van der Waals surface area contributed by atoms with E-state index in [0.717, 1.165) is 38.5 Å². The highest BCUT2D eigenvalue weighted by Crippen LogP contribution is 2.27. The van der Waals surface area contributed by atoms with Gasteiger partial charge in [-0.15, -0.1) is 0 Å². The largest absolute Gasteiger partial charge is 0.390 e. The minimum atomic E-state index is -0.473. The van der Waals surface area contributed by atoms with Crippen LogP contribution in [0.25, 0.3) is 0 Å². The summed E-state index contributed by atoms with van der Waals surface area (Å²) in [7, 11) is 0. The molecule has 2 N–H and O–H groups in total. The third-order valence-corrected chi connectivity index (χ3v) is 4.69. The first kappa shape index (κ1) is 13.9. The quantitative estimate of drug-likeness (QED) is 0.886. The molecular weight excluding hydrogens is 248 g/mol. The second-order valence-corrected chi connectivity index (χ2v) is 6.75. The second-order valence-electron chi connectivity index (χ2n) is 6.75. The van der Waals surface area contributed by atoms with Crippen LogP contribution in [0.3, 0.4) is 0 Å². The van der Waals surface area contributed by atoms with Crippen LogP contribution >= 0.6 is 0 Å². The summed E-state index contributed by atoms with van der Waals surface area (Å²) >= 11 is 0. The van der Waals surface area contributed by atoms with Crippen LogP contribution in [0.1, 0.15) is 43.7 Å². The van der Waals surface area contributed by atoms with Crippen molar-refractivity contribution in [1.29, 1.82) is 0 Å². The molecule has 0 spiro atoms. The molecule has 0 atom stereocenters. The number of rotatable bonds is 4. The molecule has 3 heteroatoms. The van der Waals surface area contributed by atoms with Crippen LogP contribution in [0.2, 0.25) is 0 Å². The molecule has 3 nitrogen and oxygen atoms in total. The minimum absolute atomic E-state index is 0.473. The molecule has 2 aliphatic rings. The lowest BCUT2D eigenvalue weighted by atomic mass is 9.93. The SMILES string of the molecule is Cc1cc(N2CCC(C)(O)CC2)ccc1CNC1CC1. The summed E-state index contributed by atoms with van der Waals surface area (Å²) < 4.78 is 0.